The zero-order valence-corrected chi connectivity index (χ0v) is 9.83. The Morgan fingerprint density at radius 1 is 1.25 bits per heavy atom. The second-order valence-electron chi connectivity index (χ2n) is 3.46. The topological polar surface area (TPSA) is 71.4 Å². The van der Waals surface area contributed by atoms with Crippen LogP contribution in [0.15, 0.2) is 29.2 Å². The van der Waals surface area contributed by atoms with E-state index in [0.717, 1.165) is 12.0 Å². The third kappa shape index (κ3) is 3.34. The Kier molecular flexibility index (Phi) is 4.06. The summed E-state index contributed by atoms with van der Waals surface area (Å²) in [6.07, 6.45) is 0.479. The maximum Gasteiger partial charge on any atom is 0.304 e. The number of carboxylic acid groups (broad SMARTS) is 1. The van der Waals surface area contributed by atoms with Crippen molar-refractivity contribution in [1.29, 1.82) is 0 Å². The second kappa shape index (κ2) is 5.12. The standard InChI is InChI=1S/C11H14O4S/c1-2-9-3-5-10(6-4-9)16(14,15)8-7-11(12)13/h3-6H,2,7-8H2,1H3,(H,12,13). The van der Waals surface area contributed by atoms with Crippen molar-refractivity contribution >= 4 is 15.8 Å². The zero-order valence-electron chi connectivity index (χ0n) is 9.01. The van der Waals surface area contributed by atoms with Gasteiger partial charge >= 0.3 is 5.97 Å². The average Bonchev–Trinajstić information content (AvgIpc) is 2.27. The van der Waals surface area contributed by atoms with Gasteiger partial charge in [-0.05, 0) is 24.1 Å². The predicted molar refractivity (Wildman–Crippen MR) is 60.1 cm³/mol. The van der Waals surface area contributed by atoms with E-state index < -0.39 is 15.8 Å². The van der Waals surface area contributed by atoms with E-state index in [-0.39, 0.29) is 17.1 Å². The number of sulfone groups is 1. The van der Waals surface area contributed by atoms with E-state index in [1.165, 1.54) is 12.1 Å². The van der Waals surface area contributed by atoms with Gasteiger partial charge in [0.25, 0.3) is 0 Å². The molecule has 0 radical (unpaired) electrons. The summed E-state index contributed by atoms with van der Waals surface area (Å²) in [6, 6.07) is 6.54. The van der Waals surface area contributed by atoms with Crippen LogP contribution >= 0.6 is 0 Å². The van der Waals surface area contributed by atoms with Gasteiger partial charge in [0, 0.05) is 0 Å². The van der Waals surface area contributed by atoms with Gasteiger partial charge in [0.2, 0.25) is 0 Å². The molecular weight excluding hydrogens is 228 g/mol. The number of hydrogen-bond donors (Lipinski definition) is 1. The molecule has 88 valence electrons. The largest absolute Gasteiger partial charge is 0.481 e. The molecule has 1 rings (SSSR count). The molecular formula is C11H14O4S. The van der Waals surface area contributed by atoms with Gasteiger partial charge in [-0.15, -0.1) is 0 Å². The lowest BCUT2D eigenvalue weighted by Crippen LogP contribution is -2.10. The minimum atomic E-state index is -3.46. The van der Waals surface area contributed by atoms with Crippen molar-refractivity contribution in [2.24, 2.45) is 0 Å². The minimum Gasteiger partial charge on any atom is -0.481 e. The van der Waals surface area contributed by atoms with Crippen LogP contribution in [0, 0.1) is 0 Å². The first-order valence-corrected chi connectivity index (χ1v) is 6.64. The van der Waals surface area contributed by atoms with Gasteiger partial charge in [-0.1, -0.05) is 19.1 Å². The molecule has 0 spiro atoms. The maximum absolute atomic E-state index is 11.7. The van der Waals surface area contributed by atoms with Crippen LogP contribution in [0.1, 0.15) is 18.9 Å². The molecule has 0 unspecified atom stereocenters. The molecule has 0 fully saturated rings. The Hall–Kier alpha value is -1.36. The van der Waals surface area contributed by atoms with E-state index in [1.54, 1.807) is 12.1 Å². The van der Waals surface area contributed by atoms with Gasteiger partial charge in [0.05, 0.1) is 17.1 Å². The van der Waals surface area contributed by atoms with Crippen LogP contribution in [0.2, 0.25) is 0 Å². The van der Waals surface area contributed by atoms with E-state index in [2.05, 4.69) is 0 Å². The second-order valence-corrected chi connectivity index (χ2v) is 5.57. The first kappa shape index (κ1) is 12.7. The molecule has 0 saturated carbocycles. The molecule has 0 heterocycles. The molecule has 0 saturated heterocycles. The van der Waals surface area contributed by atoms with Crippen LogP contribution in [-0.2, 0) is 21.1 Å². The van der Waals surface area contributed by atoms with Crippen molar-refractivity contribution in [3.8, 4) is 0 Å². The fourth-order valence-electron chi connectivity index (χ4n) is 1.27. The third-order valence-corrected chi connectivity index (χ3v) is 4.01. The van der Waals surface area contributed by atoms with E-state index in [1.807, 2.05) is 6.92 Å². The van der Waals surface area contributed by atoms with Gasteiger partial charge in [-0.25, -0.2) is 8.42 Å². The number of benzene rings is 1. The van der Waals surface area contributed by atoms with Crippen molar-refractivity contribution in [2.45, 2.75) is 24.7 Å². The highest BCUT2D eigenvalue weighted by atomic mass is 32.2. The van der Waals surface area contributed by atoms with Gasteiger partial charge in [0.15, 0.2) is 9.84 Å². The normalized spacial score (nSPS) is 11.3. The molecule has 1 aromatic rings. The van der Waals surface area contributed by atoms with Gasteiger partial charge < -0.3 is 5.11 Å². The van der Waals surface area contributed by atoms with Crippen LogP contribution in [0.5, 0.6) is 0 Å². The van der Waals surface area contributed by atoms with E-state index >= 15 is 0 Å². The SMILES string of the molecule is CCc1ccc(S(=O)(=O)CCC(=O)O)cc1. The van der Waals surface area contributed by atoms with E-state index in [0.29, 0.717) is 0 Å². The quantitative estimate of drug-likeness (QED) is 0.849. The number of aliphatic carboxylic acids is 1. The van der Waals surface area contributed by atoms with Crippen LogP contribution in [0.4, 0.5) is 0 Å². The van der Waals surface area contributed by atoms with Crippen LogP contribution in [-0.4, -0.2) is 25.2 Å². The number of carboxylic acids is 1. The van der Waals surface area contributed by atoms with Crippen molar-refractivity contribution in [3.05, 3.63) is 29.8 Å². The van der Waals surface area contributed by atoms with Crippen molar-refractivity contribution in [1.82, 2.24) is 0 Å². The highest BCUT2D eigenvalue weighted by Gasteiger charge is 2.15. The molecule has 16 heavy (non-hydrogen) atoms. The molecule has 0 aliphatic rings. The number of rotatable bonds is 5. The van der Waals surface area contributed by atoms with E-state index in [4.69, 9.17) is 5.11 Å². The monoisotopic (exact) mass is 242 g/mol. The summed E-state index contributed by atoms with van der Waals surface area (Å²) in [5.41, 5.74) is 1.05. The fraction of sp³-hybridized carbons (Fsp3) is 0.364. The van der Waals surface area contributed by atoms with Crippen molar-refractivity contribution < 1.29 is 18.3 Å². The lowest BCUT2D eigenvalue weighted by Gasteiger charge is -2.03. The van der Waals surface area contributed by atoms with Crippen LogP contribution < -0.4 is 0 Å². The van der Waals surface area contributed by atoms with Gasteiger partial charge in [-0.2, -0.15) is 0 Å². The average molecular weight is 242 g/mol. The first-order chi connectivity index (χ1) is 7.45. The lowest BCUT2D eigenvalue weighted by atomic mass is 10.2. The van der Waals surface area contributed by atoms with E-state index in [9.17, 15) is 13.2 Å². The highest BCUT2D eigenvalue weighted by molar-refractivity contribution is 7.91. The van der Waals surface area contributed by atoms with Crippen molar-refractivity contribution in [3.63, 3.8) is 0 Å². The summed E-state index contributed by atoms with van der Waals surface area (Å²) in [5, 5.41) is 8.44. The molecule has 1 aromatic carbocycles. The molecule has 0 aromatic heterocycles. The van der Waals surface area contributed by atoms with Crippen LogP contribution in [0.25, 0.3) is 0 Å². The fourth-order valence-corrected chi connectivity index (χ4v) is 2.50. The smallest absolute Gasteiger partial charge is 0.304 e. The number of aryl methyl sites for hydroxylation is 1. The summed E-state index contributed by atoms with van der Waals surface area (Å²) in [5.74, 6) is -1.46. The predicted octanol–water partition coefficient (Wildman–Crippen LogP) is 1.50. The summed E-state index contributed by atoms with van der Waals surface area (Å²) >= 11 is 0. The summed E-state index contributed by atoms with van der Waals surface area (Å²) in [6.45, 7) is 1.98. The highest BCUT2D eigenvalue weighted by Crippen LogP contribution is 2.13. The summed E-state index contributed by atoms with van der Waals surface area (Å²) in [7, 11) is -3.46. The van der Waals surface area contributed by atoms with Crippen LogP contribution in [0.3, 0.4) is 0 Å². The molecule has 0 aliphatic carbocycles. The third-order valence-electron chi connectivity index (χ3n) is 2.28. The Labute approximate surface area is 94.8 Å². The Bertz CT molecular complexity index is 459. The maximum atomic E-state index is 11.7. The molecule has 0 atom stereocenters. The summed E-state index contributed by atoms with van der Waals surface area (Å²) in [4.78, 5) is 10.5. The molecule has 0 amide bonds. The molecule has 0 aliphatic heterocycles. The summed E-state index contributed by atoms with van der Waals surface area (Å²) < 4.78 is 23.3. The Morgan fingerprint density at radius 3 is 2.25 bits per heavy atom. The Balaban J connectivity index is 2.85. The zero-order chi connectivity index (χ0) is 12.2. The van der Waals surface area contributed by atoms with Gasteiger partial charge in [-0.3, -0.25) is 4.79 Å². The Morgan fingerprint density at radius 2 is 1.81 bits per heavy atom. The molecule has 0 bridgehead atoms. The molecule has 4 nitrogen and oxygen atoms in total. The molecule has 1 N–H and O–H groups in total. The van der Waals surface area contributed by atoms with Crippen molar-refractivity contribution in [2.75, 3.05) is 5.75 Å². The lowest BCUT2D eigenvalue weighted by molar-refractivity contribution is -0.136. The number of hydrogen-bond acceptors (Lipinski definition) is 3. The molecule has 5 heteroatoms. The minimum absolute atomic E-state index is 0.186. The number of carbonyl (C=O) groups is 1. The van der Waals surface area contributed by atoms with Gasteiger partial charge in [0.1, 0.15) is 0 Å². The first-order valence-electron chi connectivity index (χ1n) is 4.99.